The minimum Gasteiger partial charge on any atom is -0.480 e. The van der Waals surface area contributed by atoms with Crippen LogP contribution >= 0.6 is 11.6 Å². The zero-order chi connectivity index (χ0) is 11.3. The normalized spacial score (nSPS) is 11.7. The summed E-state index contributed by atoms with van der Waals surface area (Å²) in [6.45, 7) is 0.183. The van der Waals surface area contributed by atoms with Crippen molar-refractivity contribution in [3.63, 3.8) is 0 Å². The lowest BCUT2D eigenvalue weighted by atomic mass is 10.1. The fourth-order valence-corrected chi connectivity index (χ4v) is 1.45. The van der Waals surface area contributed by atoms with Crippen LogP contribution in [0.2, 0.25) is 5.02 Å². The summed E-state index contributed by atoms with van der Waals surface area (Å²) in [5.41, 5.74) is 0.516. The van der Waals surface area contributed by atoms with Crippen molar-refractivity contribution in [2.45, 2.75) is 6.04 Å². The highest BCUT2D eigenvalue weighted by Crippen LogP contribution is 2.22. The van der Waals surface area contributed by atoms with E-state index >= 15 is 0 Å². The van der Waals surface area contributed by atoms with E-state index in [1.807, 2.05) is 0 Å². The summed E-state index contributed by atoms with van der Waals surface area (Å²) in [5, 5.41) is 12.1. The molecule has 0 bridgehead atoms. The predicted octanol–water partition coefficient (Wildman–Crippen LogP) is 1.69. The van der Waals surface area contributed by atoms with Crippen LogP contribution in [0, 0.1) is 12.3 Å². The topological polar surface area (TPSA) is 49.3 Å². The Balaban J connectivity index is 2.95. The lowest BCUT2D eigenvalue weighted by Gasteiger charge is -2.14. The highest BCUT2D eigenvalue weighted by atomic mass is 35.5. The second kappa shape index (κ2) is 5.40. The molecule has 0 aliphatic heterocycles. The highest BCUT2D eigenvalue weighted by molar-refractivity contribution is 6.31. The summed E-state index contributed by atoms with van der Waals surface area (Å²) < 4.78 is 0. The molecule has 0 amide bonds. The number of carboxylic acids is 1. The van der Waals surface area contributed by atoms with Gasteiger partial charge in [-0.15, -0.1) is 6.42 Å². The molecular weight excluding hydrogens is 214 g/mol. The van der Waals surface area contributed by atoms with Gasteiger partial charge >= 0.3 is 5.97 Å². The number of carboxylic acid groups (broad SMARTS) is 1. The van der Waals surface area contributed by atoms with Gasteiger partial charge in [0.15, 0.2) is 0 Å². The molecule has 0 radical (unpaired) electrons. The van der Waals surface area contributed by atoms with Gasteiger partial charge in [0.25, 0.3) is 0 Å². The summed E-state index contributed by atoms with van der Waals surface area (Å²) in [7, 11) is 0. The summed E-state index contributed by atoms with van der Waals surface area (Å²) in [4.78, 5) is 11.0. The third-order valence-corrected chi connectivity index (χ3v) is 2.22. The van der Waals surface area contributed by atoms with Crippen molar-refractivity contribution in [1.82, 2.24) is 5.32 Å². The highest BCUT2D eigenvalue weighted by Gasteiger charge is 2.20. The molecular formula is C11H10ClNO2. The maximum atomic E-state index is 11.0. The summed E-state index contributed by atoms with van der Waals surface area (Å²) >= 11 is 5.89. The molecule has 1 aromatic carbocycles. The maximum absolute atomic E-state index is 11.0. The molecule has 0 heterocycles. The van der Waals surface area contributed by atoms with Crippen LogP contribution < -0.4 is 5.32 Å². The van der Waals surface area contributed by atoms with Gasteiger partial charge in [-0.25, -0.2) is 0 Å². The molecule has 4 heteroatoms. The minimum absolute atomic E-state index is 0.183. The largest absolute Gasteiger partial charge is 0.480 e. The Hall–Kier alpha value is -1.50. The second-order valence-corrected chi connectivity index (χ2v) is 3.28. The first kappa shape index (κ1) is 11.6. The average Bonchev–Trinajstić information content (AvgIpc) is 2.20. The molecule has 1 aromatic rings. The molecule has 2 N–H and O–H groups in total. The van der Waals surface area contributed by atoms with Crippen LogP contribution in [0.5, 0.6) is 0 Å². The Morgan fingerprint density at radius 3 is 2.80 bits per heavy atom. The molecule has 15 heavy (non-hydrogen) atoms. The maximum Gasteiger partial charge on any atom is 0.325 e. The fourth-order valence-electron chi connectivity index (χ4n) is 1.20. The van der Waals surface area contributed by atoms with Gasteiger partial charge in [0.1, 0.15) is 6.04 Å². The van der Waals surface area contributed by atoms with Crippen molar-refractivity contribution in [2.24, 2.45) is 0 Å². The molecule has 1 unspecified atom stereocenters. The van der Waals surface area contributed by atoms with Crippen LogP contribution in [0.25, 0.3) is 0 Å². The van der Waals surface area contributed by atoms with E-state index in [-0.39, 0.29) is 6.54 Å². The molecule has 1 rings (SSSR count). The van der Waals surface area contributed by atoms with Crippen LogP contribution in [0.1, 0.15) is 11.6 Å². The summed E-state index contributed by atoms with van der Waals surface area (Å²) in [6.07, 6.45) is 5.05. The van der Waals surface area contributed by atoms with Gasteiger partial charge in [-0.1, -0.05) is 35.7 Å². The van der Waals surface area contributed by atoms with E-state index in [1.165, 1.54) is 0 Å². The van der Waals surface area contributed by atoms with Crippen LogP contribution in [0.3, 0.4) is 0 Å². The van der Waals surface area contributed by atoms with E-state index in [4.69, 9.17) is 23.1 Å². The Bertz CT molecular complexity index is 398. The molecule has 1 atom stereocenters. The van der Waals surface area contributed by atoms with E-state index in [9.17, 15) is 4.79 Å². The van der Waals surface area contributed by atoms with Crippen LogP contribution in [-0.4, -0.2) is 17.6 Å². The number of nitrogens with one attached hydrogen (secondary N) is 1. The van der Waals surface area contributed by atoms with Gasteiger partial charge in [0.05, 0.1) is 6.54 Å². The smallest absolute Gasteiger partial charge is 0.325 e. The van der Waals surface area contributed by atoms with Gasteiger partial charge in [-0.05, 0) is 11.6 Å². The quantitative estimate of drug-likeness (QED) is 0.764. The van der Waals surface area contributed by atoms with Gasteiger partial charge in [0, 0.05) is 5.02 Å². The number of halogens is 1. The Labute approximate surface area is 93.1 Å². The van der Waals surface area contributed by atoms with Gasteiger partial charge in [-0.2, -0.15) is 0 Å². The predicted molar refractivity (Wildman–Crippen MR) is 58.7 cm³/mol. The average molecular weight is 224 g/mol. The van der Waals surface area contributed by atoms with Crippen molar-refractivity contribution in [2.75, 3.05) is 6.54 Å². The summed E-state index contributed by atoms with van der Waals surface area (Å²) in [5.74, 6) is 1.32. The number of carbonyl (C=O) groups is 1. The zero-order valence-electron chi connectivity index (χ0n) is 7.90. The Morgan fingerprint density at radius 1 is 1.60 bits per heavy atom. The molecule has 3 nitrogen and oxygen atoms in total. The lowest BCUT2D eigenvalue weighted by Crippen LogP contribution is -2.28. The Morgan fingerprint density at radius 2 is 2.27 bits per heavy atom. The molecule has 0 saturated carbocycles. The number of hydrogen-bond donors (Lipinski definition) is 2. The third-order valence-electron chi connectivity index (χ3n) is 1.87. The number of rotatable bonds is 4. The standard InChI is InChI=1S/C11H10ClNO2/c1-2-7-13-10(11(14)15)8-5-3-4-6-9(8)12/h1,3-6,10,13H,7H2,(H,14,15). The van der Waals surface area contributed by atoms with Gasteiger partial charge in [-0.3, -0.25) is 10.1 Å². The van der Waals surface area contributed by atoms with E-state index in [0.29, 0.717) is 10.6 Å². The first-order valence-corrected chi connectivity index (χ1v) is 4.68. The van der Waals surface area contributed by atoms with Crippen molar-refractivity contribution < 1.29 is 9.90 Å². The molecule has 0 aliphatic carbocycles. The van der Waals surface area contributed by atoms with Crippen LogP contribution in [0.15, 0.2) is 24.3 Å². The van der Waals surface area contributed by atoms with E-state index < -0.39 is 12.0 Å². The number of hydrogen-bond acceptors (Lipinski definition) is 2. The first-order chi connectivity index (χ1) is 7.16. The molecule has 0 aliphatic rings. The van der Waals surface area contributed by atoms with Crippen LogP contribution in [-0.2, 0) is 4.79 Å². The Kier molecular flexibility index (Phi) is 4.17. The number of aliphatic carboxylic acids is 1. The van der Waals surface area contributed by atoms with Crippen molar-refractivity contribution >= 4 is 17.6 Å². The molecule has 0 spiro atoms. The number of terminal acetylenes is 1. The zero-order valence-corrected chi connectivity index (χ0v) is 8.66. The second-order valence-electron chi connectivity index (χ2n) is 2.88. The van der Waals surface area contributed by atoms with E-state index in [2.05, 4.69) is 11.2 Å². The van der Waals surface area contributed by atoms with Gasteiger partial charge < -0.3 is 5.11 Å². The number of benzene rings is 1. The molecule has 0 fully saturated rings. The fraction of sp³-hybridized carbons (Fsp3) is 0.182. The van der Waals surface area contributed by atoms with Crippen molar-refractivity contribution in [1.29, 1.82) is 0 Å². The van der Waals surface area contributed by atoms with E-state index in [0.717, 1.165) is 0 Å². The molecule has 0 aromatic heterocycles. The third kappa shape index (κ3) is 2.98. The lowest BCUT2D eigenvalue weighted by molar-refractivity contribution is -0.139. The summed E-state index contributed by atoms with van der Waals surface area (Å²) in [6, 6.07) is 5.91. The van der Waals surface area contributed by atoms with Crippen molar-refractivity contribution in [3.8, 4) is 12.3 Å². The molecule has 78 valence electrons. The monoisotopic (exact) mass is 223 g/mol. The molecule has 0 saturated heterocycles. The minimum atomic E-state index is -1.00. The van der Waals surface area contributed by atoms with Crippen molar-refractivity contribution in [3.05, 3.63) is 34.9 Å². The first-order valence-electron chi connectivity index (χ1n) is 4.31. The van der Waals surface area contributed by atoms with Gasteiger partial charge in [0.2, 0.25) is 0 Å². The van der Waals surface area contributed by atoms with E-state index in [1.54, 1.807) is 24.3 Å². The van der Waals surface area contributed by atoms with Crippen LogP contribution in [0.4, 0.5) is 0 Å². The SMILES string of the molecule is C#CCNC(C(=O)O)c1ccccc1Cl.